The number of carbonyl (C=O) groups excluding carboxylic acids is 1. The van der Waals surface area contributed by atoms with Crippen molar-refractivity contribution in [3.63, 3.8) is 0 Å². The summed E-state index contributed by atoms with van der Waals surface area (Å²) in [5.41, 5.74) is 8.60. The summed E-state index contributed by atoms with van der Waals surface area (Å²) in [6.07, 6.45) is 1.83. The zero-order chi connectivity index (χ0) is 28.1. The third kappa shape index (κ3) is 5.85. The lowest BCUT2D eigenvalue weighted by atomic mass is 9.85. The number of aliphatic hydroxyl groups is 2. The highest BCUT2D eigenvalue weighted by molar-refractivity contribution is 6.00. The normalized spacial score (nSPS) is 19.0. The minimum absolute atomic E-state index is 0.154. The summed E-state index contributed by atoms with van der Waals surface area (Å²) in [6.45, 7) is 1.42. The quantitative estimate of drug-likeness (QED) is 0.272. The lowest BCUT2D eigenvalue weighted by Gasteiger charge is -2.46. The number of nitrogens with zero attached hydrogens (tertiary/aromatic N) is 2. The highest BCUT2D eigenvalue weighted by Crippen LogP contribution is 2.41. The second-order valence-corrected chi connectivity index (χ2v) is 10.5. The summed E-state index contributed by atoms with van der Waals surface area (Å²) in [5.74, 6) is 0.154. The number of ether oxygens (including phenoxy) is 1. The number of benzene rings is 3. The van der Waals surface area contributed by atoms with Crippen molar-refractivity contribution in [2.45, 2.75) is 44.6 Å². The summed E-state index contributed by atoms with van der Waals surface area (Å²) < 4.78 is 17.9. The number of halogens is 1. The van der Waals surface area contributed by atoms with Gasteiger partial charge in [-0.1, -0.05) is 54.6 Å². The molecule has 1 fully saturated rings. The van der Waals surface area contributed by atoms with Crippen LogP contribution < -0.4 is 0 Å². The molecule has 1 aliphatic carbocycles. The van der Waals surface area contributed by atoms with Gasteiger partial charge >= 0.3 is 0 Å². The van der Waals surface area contributed by atoms with Crippen LogP contribution in [-0.4, -0.2) is 47.6 Å². The van der Waals surface area contributed by atoms with Gasteiger partial charge < -0.3 is 14.9 Å². The van der Waals surface area contributed by atoms with Crippen LogP contribution in [0.15, 0.2) is 66.7 Å². The first-order valence-corrected chi connectivity index (χ1v) is 13.7. The molecule has 0 radical (unpaired) electrons. The first kappa shape index (κ1) is 27.7. The number of likely N-dealkylation sites (tertiary alicyclic amines) is 1. The van der Waals surface area contributed by atoms with E-state index < -0.39 is 6.29 Å². The SMILES string of the molecule is N#Cc1cccc(C2=C(c3ccc(CC4CN(CCCF)C4OC=O)cc3)c3ccc(C(O)O)cc3CCC2)c1. The van der Waals surface area contributed by atoms with Gasteiger partial charge in [0.2, 0.25) is 0 Å². The molecular formula is C33H33FN2O4. The fourth-order valence-electron chi connectivity index (χ4n) is 6.03. The van der Waals surface area contributed by atoms with E-state index in [-0.39, 0.29) is 18.8 Å². The Balaban J connectivity index is 1.50. The third-order valence-electron chi connectivity index (χ3n) is 7.96. The Bertz CT molecular complexity index is 1430. The molecule has 0 aromatic heterocycles. The van der Waals surface area contributed by atoms with Crippen molar-refractivity contribution in [2.75, 3.05) is 19.8 Å². The van der Waals surface area contributed by atoms with E-state index in [1.807, 2.05) is 35.2 Å². The minimum atomic E-state index is -1.53. The predicted octanol–water partition coefficient (Wildman–Crippen LogP) is 5.17. The minimum Gasteiger partial charge on any atom is -0.448 e. The number of hydrogen-bond acceptors (Lipinski definition) is 6. The molecule has 2 aliphatic rings. The smallest absolute Gasteiger partial charge is 0.294 e. The second-order valence-electron chi connectivity index (χ2n) is 10.5. The standard InChI is InChI=1S/C33H33FN2O4/c34-14-3-15-36-20-28(32(36)40-21-37)16-22-8-10-24(11-9-22)31-29(25-5-1-4-23(17-25)19-35)7-2-6-26-18-27(33(38)39)12-13-30(26)31/h1,4-5,8-13,17-18,21,28,32-33,38-39H,2-3,6-7,14-16,20H2. The van der Waals surface area contributed by atoms with E-state index in [9.17, 15) is 24.7 Å². The number of aryl methyl sites for hydroxylation is 1. The van der Waals surface area contributed by atoms with E-state index in [1.54, 1.807) is 12.1 Å². The maximum Gasteiger partial charge on any atom is 0.294 e. The molecule has 0 bridgehead atoms. The fraction of sp³-hybridized carbons (Fsp3) is 0.333. The van der Waals surface area contributed by atoms with E-state index in [0.29, 0.717) is 30.6 Å². The molecule has 2 atom stereocenters. The van der Waals surface area contributed by atoms with E-state index in [2.05, 4.69) is 30.3 Å². The van der Waals surface area contributed by atoms with Gasteiger partial charge in [0.15, 0.2) is 12.5 Å². The molecule has 2 N–H and O–H groups in total. The van der Waals surface area contributed by atoms with Crippen molar-refractivity contribution in [3.05, 3.63) is 106 Å². The largest absolute Gasteiger partial charge is 0.448 e. The van der Waals surface area contributed by atoms with Crippen molar-refractivity contribution in [2.24, 2.45) is 5.92 Å². The molecule has 7 heteroatoms. The number of hydrogen-bond donors (Lipinski definition) is 2. The van der Waals surface area contributed by atoms with E-state index in [4.69, 9.17) is 4.74 Å². The van der Waals surface area contributed by atoms with Gasteiger partial charge in [0.25, 0.3) is 6.47 Å². The van der Waals surface area contributed by atoms with Crippen LogP contribution in [0, 0.1) is 17.2 Å². The van der Waals surface area contributed by atoms with E-state index >= 15 is 0 Å². The Morgan fingerprint density at radius 2 is 1.90 bits per heavy atom. The molecule has 0 saturated carbocycles. The van der Waals surface area contributed by atoms with E-state index in [0.717, 1.165) is 71.2 Å². The lowest BCUT2D eigenvalue weighted by Crippen LogP contribution is -2.58. The molecule has 3 aromatic carbocycles. The topological polar surface area (TPSA) is 93.8 Å². The average molecular weight is 541 g/mol. The van der Waals surface area contributed by atoms with Crippen LogP contribution in [-0.2, 0) is 22.4 Å². The van der Waals surface area contributed by atoms with E-state index in [1.165, 1.54) is 0 Å². The first-order valence-electron chi connectivity index (χ1n) is 13.7. The Kier molecular flexibility index (Phi) is 8.71. The van der Waals surface area contributed by atoms with Crippen LogP contribution in [0.2, 0.25) is 0 Å². The number of allylic oxidation sites excluding steroid dienone is 1. The van der Waals surface area contributed by atoms with Gasteiger partial charge in [-0.2, -0.15) is 5.26 Å². The zero-order valence-electron chi connectivity index (χ0n) is 22.3. The number of aliphatic hydroxyl groups excluding tert-OH is 1. The van der Waals surface area contributed by atoms with Gasteiger partial charge in [0.1, 0.15) is 0 Å². The Labute approximate surface area is 233 Å². The van der Waals surface area contributed by atoms with Crippen LogP contribution in [0.5, 0.6) is 0 Å². The summed E-state index contributed by atoms with van der Waals surface area (Å²) in [7, 11) is 0. The Morgan fingerprint density at radius 1 is 1.07 bits per heavy atom. The van der Waals surface area contributed by atoms with Crippen LogP contribution >= 0.6 is 0 Å². The Hall–Kier alpha value is -3.83. The number of alkyl halides is 1. The highest BCUT2D eigenvalue weighted by atomic mass is 19.1. The van der Waals surface area contributed by atoms with Crippen LogP contribution in [0.1, 0.15) is 64.5 Å². The zero-order valence-corrected chi connectivity index (χ0v) is 22.3. The summed E-state index contributed by atoms with van der Waals surface area (Å²) in [5, 5.41) is 29.1. The van der Waals surface area contributed by atoms with Crippen molar-refractivity contribution in [1.29, 1.82) is 5.26 Å². The first-order chi connectivity index (χ1) is 19.5. The van der Waals surface area contributed by atoms with Crippen molar-refractivity contribution in [3.8, 4) is 6.07 Å². The number of fused-ring (bicyclic) bond motifs is 1. The molecule has 1 saturated heterocycles. The van der Waals surface area contributed by atoms with Gasteiger partial charge in [0, 0.05) is 24.6 Å². The van der Waals surface area contributed by atoms with Gasteiger partial charge in [-0.3, -0.25) is 14.1 Å². The monoisotopic (exact) mass is 540 g/mol. The highest BCUT2D eigenvalue weighted by Gasteiger charge is 2.40. The molecule has 1 aliphatic heterocycles. The third-order valence-corrected chi connectivity index (χ3v) is 7.96. The molecule has 5 rings (SSSR count). The Morgan fingerprint density at radius 3 is 2.62 bits per heavy atom. The number of carbonyl (C=O) groups is 1. The molecular weight excluding hydrogens is 507 g/mol. The summed E-state index contributed by atoms with van der Waals surface area (Å²) >= 11 is 0. The van der Waals surface area contributed by atoms with Crippen LogP contribution in [0.4, 0.5) is 4.39 Å². The molecule has 0 spiro atoms. The molecule has 6 nitrogen and oxygen atoms in total. The van der Waals surface area contributed by atoms with Crippen molar-refractivity contribution >= 4 is 17.6 Å². The van der Waals surface area contributed by atoms with Gasteiger partial charge in [0.05, 0.1) is 18.3 Å². The maximum absolute atomic E-state index is 12.6. The average Bonchev–Trinajstić information content (AvgIpc) is 3.17. The summed E-state index contributed by atoms with van der Waals surface area (Å²) in [6, 6.07) is 24.0. The van der Waals surface area contributed by atoms with Crippen LogP contribution in [0.3, 0.4) is 0 Å². The number of nitriles is 1. The number of rotatable bonds is 10. The van der Waals surface area contributed by atoms with Crippen molar-refractivity contribution < 1.29 is 24.1 Å². The summed E-state index contributed by atoms with van der Waals surface area (Å²) in [4.78, 5) is 13.0. The van der Waals surface area contributed by atoms with Crippen molar-refractivity contribution in [1.82, 2.24) is 4.90 Å². The molecule has 0 amide bonds. The molecule has 1 heterocycles. The predicted molar refractivity (Wildman–Crippen MR) is 150 cm³/mol. The van der Waals surface area contributed by atoms with Gasteiger partial charge in [-0.25, -0.2) is 0 Å². The fourth-order valence-corrected chi connectivity index (χ4v) is 6.03. The lowest BCUT2D eigenvalue weighted by molar-refractivity contribution is -0.175. The molecule has 2 unspecified atom stereocenters. The van der Waals surface area contributed by atoms with Crippen LogP contribution in [0.25, 0.3) is 11.1 Å². The van der Waals surface area contributed by atoms with Gasteiger partial charge in [-0.15, -0.1) is 0 Å². The van der Waals surface area contributed by atoms with Gasteiger partial charge in [-0.05, 0) is 83.2 Å². The molecule has 40 heavy (non-hydrogen) atoms. The molecule has 206 valence electrons. The second kappa shape index (κ2) is 12.6. The molecule has 3 aromatic rings. The maximum atomic E-state index is 12.6.